The molecule has 0 amide bonds. The van der Waals surface area contributed by atoms with Crippen molar-refractivity contribution in [2.75, 3.05) is 26.9 Å². The van der Waals surface area contributed by atoms with Gasteiger partial charge in [-0.15, -0.1) is 0 Å². The van der Waals surface area contributed by atoms with E-state index in [0.717, 1.165) is 31.3 Å². The van der Waals surface area contributed by atoms with Gasteiger partial charge >= 0.3 is 10.4 Å². The highest BCUT2D eigenvalue weighted by molar-refractivity contribution is 7.80. The lowest BCUT2D eigenvalue weighted by molar-refractivity contribution is -0.361. The fourth-order valence-electron chi connectivity index (χ4n) is 13.7. The average molecular weight is 981 g/mol. The molecule has 67 heavy (non-hydrogen) atoms. The van der Waals surface area contributed by atoms with Crippen molar-refractivity contribution >= 4 is 10.4 Å². The van der Waals surface area contributed by atoms with E-state index < -0.39 is 133 Å². The van der Waals surface area contributed by atoms with Crippen LogP contribution in [0.15, 0.2) is 23.8 Å². The molecule has 0 aromatic carbocycles. The van der Waals surface area contributed by atoms with Crippen molar-refractivity contribution in [1.82, 2.24) is 0 Å². The quantitative estimate of drug-likeness (QED) is 0.0751. The van der Waals surface area contributed by atoms with Crippen molar-refractivity contribution in [3.63, 3.8) is 0 Å². The number of ether oxygens (including phenoxy) is 8. The van der Waals surface area contributed by atoms with Crippen LogP contribution >= 0.6 is 0 Å². The van der Waals surface area contributed by atoms with Gasteiger partial charge in [0.25, 0.3) is 0 Å². The van der Waals surface area contributed by atoms with Crippen LogP contribution in [0.5, 0.6) is 0 Å². The number of fused-ring (bicyclic) bond motifs is 7. The predicted octanol–water partition coefficient (Wildman–Crippen LogP) is -0.820. The smallest absolute Gasteiger partial charge is 0.394 e. The standard InChI is InChI=1S/C45H72O21S/c1-19(17-59-40-37(53)36(52)33(49)28(16-46)62-40)9-12-45(58-6)20(2)31-27(65-45)15-26-24-8-7-22-13-23(47)14-30(44(22,5)25(24)10-11-43(26,31)4)63-42-39(34(50)29(18-60-42)66-67(55,56)57)64-41-38(54)35(51)32(48)21(3)61-41/h7,20-21,23-42,46-54H,1,8-18H2,2-6H3,(H,55,56,57)/t20?,21-,23+,24+,25-,26-,27?,28+,29-,30+,31?,32-,33+,34-,35+,36-,37+,38+,39+,40+,41-,42-,43-,44-,45?/m0/s1. The molecule has 0 radical (unpaired) electrons. The summed E-state index contributed by atoms with van der Waals surface area (Å²) in [7, 11) is -3.42. The first kappa shape index (κ1) is 52.0. The molecule has 384 valence electrons. The van der Waals surface area contributed by atoms with E-state index in [-0.39, 0.29) is 54.1 Å². The number of hydrogen-bond acceptors (Lipinski definition) is 20. The Kier molecular flexibility index (Phi) is 15.2. The van der Waals surface area contributed by atoms with Crippen molar-refractivity contribution < 1.29 is 101 Å². The summed E-state index contributed by atoms with van der Waals surface area (Å²) >= 11 is 0. The molecular weight excluding hydrogens is 909 g/mol. The summed E-state index contributed by atoms with van der Waals surface area (Å²) in [6.07, 6.45) is -15.6. The second-order valence-corrected chi connectivity index (χ2v) is 22.0. The van der Waals surface area contributed by atoms with Gasteiger partial charge in [-0.25, -0.2) is 4.18 Å². The average Bonchev–Trinajstić information content (AvgIpc) is 3.74. The molecule has 4 aliphatic carbocycles. The van der Waals surface area contributed by atoms with Crippen LogP contribution in [0.2, 0.25) is 0 Å². The minimum atomic E-state index is -5.07. The number of rotatable bonds is 14. The van der Waals surface area contributed by atoms with E-state index in [9.17, 15) is 58.9 Å². The zero-order valence-electron chi connectivity index (χ0n) is 38.6. The Morgan fingerprint density at radius 2 is 1.58 bits per heavy atom. The molecule has 25 atom stereocenters. The minimum Gasteiger partial charge on any atom is -0.394 e. The van der Waals surface area contributed by atoms with E-state index in [1.54, 1.807) is 7.11 Å². The molecule has 8 aliphatic rings. The van der Waals surface area contributed by atoms with Gasteiger partial charge in [0.2, 0.25) is 0 Å². The van der Waals surface area contributed by atoms with Crippen LogP contribution in [-0.4, -0.2) is 196 Å². The second-order valence-electron chi connectivity index (χ2n) is 20.9. The van der Waals surface area contributed by atoms with Crippen LogP contribution in [0.4, 0.5) is 0 Å². The Balaban J connectivity index is 0.967. The molecule has 21 nitrogen and oxygen atoms in total. The first-order valence-electron chi connectivity index (χ1n) is 23.6. The maximum atomic E-state index is 11.8. The minimum absolute atomic E-state index is 0.0147. The summed E-state index contributed by atoms with van der Waals surface area (Å²) in [4.78, 5) is 0. The van der Waals surface area contributed by atoms with Gasteiger partial charge < -0.3 is 83.9 Å². The van der Waals surface area contributed by atoms with E-state index in [1.165, 1.54) is 6.92 Å². The fourth-order valence-corrected chi connectivity index (χ4v) is 14.2. The summed E-state index contributed by atoms with van der Waals surface area (Å²) in [5.41, 5.74) is 0.938. The van der Waals surface area contributed by atoms with Gasteiger partial charge in [0.1, 0.15) is 61.0 Å². The molecule has 4 heterocycles. The molecule has 0 bridgehead atoms. The third-order valence-corrected chi connectivity index (χ3v) is 17.8. The second kappa shape index (κ2) is 19.6. The van der Waals surface area contributed by atoms with Crippen LogP contribution in [-0.2, 0) is 52.5 Å². The molecule has 4 aliphatic heterocycles. The summed E-state index contributed by atoms with van der Waals surface area (Å²) in [6, 6.07) is 0. The van der Waals surface area contributed by atoms with Crippen LogP contribution in [0.25, 0.3) is 0 Å². The Morgan fingerprint density at radius 3 is 2.27 bits per heavy atom. The molecule has 7 fully saturated rings. The lowest BCUT2D eigenvalue weighted by Gasteiger charge is -2.60. The number of allylic oxidation sites excluding steroid dienone is 1. The first-order chi connectivity index (χ1) is 31.5. The van der Waals surface area contributed by atoms with E-state index >= 15 is 0 Å². The van der Waals surface area contributed by atoms with Gasteiger partial charge in [0, 0.05) is 31.3 Å². The summed E-state index contributed by atoms with van der Waals surface area (Å²) < 4.78 is 86.7. The maximum absolute atomic E-state index is 11.8. The zero-order chi connectivity index (χ0) is 48.7. The van der Waals surface area contributed by atoms with Crippen LogP contribution in [0, 0.1) is 40.4 Å². The third kappa shape index (κ3) is 9.37. The van der Waals surface area contributed by atoms with Crippen molar-refractivity contribution in [1.29, 1.82) is 0 Å². The van der Waals surface area contributed by atoms with Crippen LogP contribution in [0.1, 0.15) is 79.1 Å². The maximum Gasteiger partial charge on any atom is 0.397 e. The number of aliphatic hydroxyl groups excluding tert-OH is 9. The van der Waals surface area contributed by atoms with Crippen LogP contribution in [0.3, 0.4) is 0 Å². The molecule has 4 saturated heterocycles. The van der Waals surface area contributed by atoms with Gasteiger partial charge in [0.05, 0.1) is 44.2 Å². The zero-order valence-corrected chi connectivity index (χ0v) is 39.5. The highest BCUT2D eigenvalue weighted by Gasteiger charge is 2.69. The highest BCUT2D eigenvalue weighted by Crippen LogP contribution is 2.70. The van der Waals surface area contributed by atoms with E-state index in [2.05, 4.69) is 33.4 Å². The van der Waals surface area contributed by atoms with E-state index in [1.807, 2.05) is 0 Å². The van der Waals surface area contributed by atoms with E-state index in [4.69, 9.17) is 42.1 Å². The lowest BCUT2D eigenvalue weighted by atomic mass is 9.46. The van der Waals surface area contributed by atoms with Crippen molar-refractivity contribution in [2.45, 2.75) is 189 Å². The largest absolute Gasteiger partial charge is 0.397 e. The van der Waals surface area contributed by atoms with Gasteiger partial charge in [-0.1, -0.05) is 44.6 Å². The van der Waals surface area contributed by atoms with E-state index in [0.29, 0.717) is 24.8 Å². The van der Waals surface area contributed by atoms with Gasteiger partial charge in [-0.05, 0) is 74.5 Å². The van der Waals surface area contributed by atoms with Crippen molar-refractivity contribution in [3.05, 3.63) is 23.8 Å². The molecule has 0 spiro atoms. The SMILES string of the molecule is C=C(CCC1(OC)OC2C[C@H]3[C@@H]4CC=C5C[C@@H](O)C[C@@H](O[C@@H]6OC[C@H](OS(=O)(=O)O)[C@H](O)[C@H]6O[C@@H]6O[C@@H](C)[C@H](O)[C@@H](O)[C@H]6O)[C@]5(C)[C@H]4CC[C@]3(C)C2C1C)CO[C@@H]1O[C@H](CO)[C@@H](O)[C@H](O)[C@H]1O. The number of methoxy groups -OCH3 is 1. The molecule has 0 aromatic heterocycles. The Bertz CT molecular complexity index is 1910. The summed E-state index contributed by atoms with van der Waals surface area (Å²) in [5, 5.41) is 94.8. The first-order valence-corrected chi connectivity index (χ1v) is 25.0. The van der Waals surface area contributed by atoms with Gasteiger partial charge in [-0.3, -0.25) is 4.55 Å². The molecule has 8 rings (SSSR count). The summed E-state index contributed by atoms with van der Waals surface area (Å²) in [6.45, 7) is 11.2. The predicted molar refractivity (Wildman–Crippen MR) is 228 cm³/mol. The Labute approximate surface area is 390 Å². The van der Waals surface area contributed by atoms with Gasteiger partial charge in [0.15, 0.2) is 24.7 Å². The normalized spacial score (nSPS) is 52.1. The fraction of sp³-hybridized carbons (Fsp3) is 0.911. The Hall–Kier alpha value is -1.33. The Morgan fingerprint density at radius 1 is 0.881 bits per heavy atom. The lowest BCUT2D eigenvalue weighted by Crippen LogP contribution is -2.63. The van der Waals surface area contributed by atoms with Crippen molar-refractivity contribution in [3.8, 4) is 0 Å². The number of hydrogen-bond donors (Lipinski definition) is 10. The molecule has 3 saturated carbocycles. The van der Waals surface area contributed by atoms with Crippen LogP contribution < -0.4 is 0 Å². The summed E-state index contributed by atoms with van der Waals surface area (Å²) in [5.74, 6) is -0.245. The van der Waals surface area contributed by atoms with Gasteiger partial charge in [-0.2, -0.15) is 8.42 Å². The van der Waals surface area contributed by atoms with Crippen molar-refractivity contribution in [2.24, 2.45) is 40.4 Å². The molecular formula is C45H72O21S. The third-order valence-electron chi connectivity index (χ3n) is 17.3. The molecule has 0 aromatic rings. The number of aliphatic hydroxyl groups is 9. The molecule has 10 N–H and O–H groups in total. The molecule has 22 heteroatoms. The molecule has 4 unspecified atom stereocenters. The highest BCUT2D eigenvalue weighted by atomic mass is 32.3. The monoisotopic (exact) mass is 980 g/mol. The topological polar surface area (TPSA) is 320 Å².